The maximum Gasteiger partial charge on any atom is 0.191 e. The number of halogens is 1. The molecule has 1 aromatic carbocycles. The number of methoxy groups -OCH3 is 1. The van der Waals surface area contributed by atoms with Crippen LogP contribution in [0.1, 0.15) is 50.1 Å². The van der Waals surface area contributed by atoms with E-state index in [1.54, 1.807) is 7.11 Å². The Hall–Kier alpha value is -1.10. The van der Waals surface area contributed by atoms with Gasteiger partial charge in [-0.25, -0.2) is 0 Å². The topological polar surface area (TPSA) is 67.4 Å². The summed E-state index contributed by atoms with van der Waals surface area (Å²) in [4.78, 5) is 6.98. The summed E-state index contributed by atoms with van der Waals surface area (Å²) < 4.78 is 17.0. The van der Waals surface area contributed by atoms with Gasteiger partial charge in [0.1, 0.15) is 5.75 Å². The molecule has 2 N–H and O–H groups in total. The van der Waals surface area contributed by atoms with Crippen molar-refractivity contribution in [1.29, 1.82) is 0 Å². The van der Waals surface area contributed by atoms with E-state index in [9.17, 15) is 0 Å². The van der Waals surface area contributed by atoms with E-state index in [2.05, 4.69) is 38.7 Å². The normalized spacial score (nSPS) is 20.4. The Morgan fingerprint density at radius 2 is 2.00 bits per heavy atom. The summed E-state index contributed by atoms with van der Waals surface area (Å²) in [5, 5.41) is 6.95. The van der Waals surface area contributed by atoms with Gasteiger partial charge in [-0.1, -0.05) is 24.6 Å². The van der Waals surface area contributed by atoms with Crippen LogP contribution in [0.5, 0.6) is 5.75 Å². The molecule has 182 valence electrons. The molecule has 2 aliphatic heterocycles. The Bertz CT molecular complexity index is 664. The van der Waals surface area contributed by atoms with Gasteiger partial charge in [0.05, 0.1) is 25.9 Å². The molecular formula is C24H41IN4O3. The van der Waals surface area contributed by atoms with Crippen molar-refractivity contribution in [3.05, 3.63) is 29.8 Å². The van der Waals surface area contributed by atoms with Crippen LogP contribution >= 0.6 is 24.0 Å². The summed E-state index contributed by atoms with van der Waals surface area (Å²) in [6, 6.07) is 8.62. The lowest BCUT2D eigenvalue weighted by molar-refractivity contribution is 0.0168. The molecule has 2 atom stereocenters. The minimum absolute atomic E-state index is 0. The smallest absolute Gasteiger partial charge is 0.191 e. The van der Waals surface area contributed by atoms with Crippen LogP contribution in [0.2, 0.25) is 0 Å². The van der Waals surface area contributed by atoms with E-state index in [1.165, 1.54) is 24.8 Å². The number of guanidine groups is 1. The third kappa shape index (κ3) is 8.68. The van der Waals surface area contributed by atoms with Crippen molar-refractivity contribution >= 4 is 29.9 Å². The average Bonchev–Trinajstić information content (AvgIpc) is 3.34. The fourth-order valence-electron chi connectivity index (χ4n) is 4.39. The number of likely N-dealkylation sites (tertiary alicyclic amines) is 1. The zero-order valence-corrected chi connectivity index (χ0v) is 22.0. The largest absolute Gasteiger partial charge is 0.496 e. The number of nitrogens with one attached hydrogen (secondary N) is 2. The lowest BCUT2D eigenvalue weighted by Gasteiger charge is -2.35. The summed E-state index contributed by atoms with van der Waals surface area (Å²) in [6.07, 6.45) is 7.35. The highest BCUT2D eigenvalue weighted by molar-refractivity contribution is 14.0. The van der Waals surface area contributed by atoms with Gasteiger partial charge in [0.25, 0.3) is 0 Å². The zero-order chi connectivity index (χ0) is 21.7. The molecule has 0 amide bonds. The number of piperidine rings is 1. The predicted molar refractivity (Wildman–Crippen MR) is 140 cm³/mol. The van der Waals surface area contributed by atoms with Gasteiger partial charge in [0.2, 0.25) is 0 Å². The Balaban J connectivity index is 0.00000363. The monoisotopic (exact) mass is 560 g/mol. The second kappa shape index (κ2) is 15.7. The van der Waals surface area contributed by atoms with Gasteiger partial charge in [-0.05, 0) is 51.3 Å². The molecule has 32 heavy (non-hydrogen) atoms. The van der Waals surface area contributed by atoms with Gasteiger partial charge in [-0.2, -0.15) is 0 Å². The second-order valence-corrected chi connectivity index (χ2v) is 8.30. The third-order valence-corrected chi connectivity index (χ3v) is 6.10. The highest BCUT2D eigenvalue weighted by atomic mass is 127. The van der Waals surface area contributed by atoms with E-state index in [0.29, 0.717) is 12.7 Å². The zero-order valence-electron chi connectivity index (χ0n) is 19.7. The Kier molecular flexibility index (Phi) is 13.3. The van der Waals surface area contributed by atoms with E-state index in [4.69, 9.17) is 14.2 Å². The Labute approximate surface area is 210 Å². The minimum Gasteiger partial charge on any atom is -0.496 e. The molecule has 0 bridgehead atoms. The number of nitrogens with zero attached hydrogens (tertiary/aromatic N) is 2. The molecule has 0 radical (unpaired) electrons. The number of ether oxygens (including phenoxy) is 3. The second-order valence-electron chi connectivity index (χ2n) is 8.30. The molecule has 7 nitrogen and oxygen atoms in total. The molecule has 0 spiro atoms. The van der Waals surface area contributed by atoms with Crippen molar-refractivity contribution in [2.24, 2.45) is 4.99 Å². The number of aliphatic imine (C=N–C) groups is 1. The van der Waals surface area contributed by atoms with Crippen molar-refractivity contribution in [1.82, 2.24) is 15.5 Å². The highest BCUT2D eigenvalue weighted by Gasteiger charge is 2.25. The van der Waals surface area contributed by atoms with Crippen LogP contribution in [0.4, 0.5) is 0 Å². The molecule has 2 heterocycles. The van der Waals surface area contributed by atoms with E-state index < -0.39 is 0 Å². The average molecular weight is 561 g/mol. The molecule has 8 heteroatoms. The summed E-state index contributed by atoms with van der Waals surface area (Å²) >= 11 is 0. The minimum atomic E-state index is 0. The first-order valence-electron chi connectivity index (χ1n) is 11.8. The van der Waals surface area contributed by atoms with Gasteiger partial charge in [0.15, 0.2) is 5.96 Å². The lowest BCUT2D eigenvalue weighted by atomic mass is 10.0. The molecule has 1 aromatic rings. The molecule has 2 saturated heterocycles. The third-order valence-electron chi connectivity index (χ3n) is 6.10. The molecule has 2 aliphatic rings. The van der Waals surface area contributed by atoms with Crippen molar-refractivity contribution in [3.63, 3.8) is 0 Å². The Morgan fingerprint density at radius 1 is 1.19 bits per heavy atom. The molecule has 2 fully saturated rings. The van der Waals surface area contributed by atoms with Crippen LogP contribution in [-0.2, 0) is 9.47 Å². The van der Waals surface area contributed by atoms with Crippen molar-refractivity contribution in [2.45, 2.75) is 50.7 Å². The summed E-state index contributed by atoms with van der Waals surface area (Å²) in [5.74, 6) is 1.78. The van der Waals surface area contributed by atoms with Crippen LogP contribution in [-0.4, -0.2) is 77.1 Å². The molecule has 3 rings (SSSR count). The number of hydrogen-bond donors (Lipinski definition) is 2. The van der Waals surface area contributed by atoms with Crippen LogP contribution in [0, 0.1) is 0 Å². The quantitative estimate of drug-likeness (QED) is 0.187. The fourth-order valence-corrected chi connectivity index (χ4v) is 4.39. The van der Waals surface area contributed by atoms with Gasteiger partial charge in [0, 0.05) is 38.9 Å². The van der Waals surface area contributed by atoms with Gasteiger partial charge in [-0.3, -0.25) is 9.89 Å². The maximum atomic E-state index is 5.75. The first-order valence-corrected chi connectivity index (χ1v) is 11.8. The molecular weight excluding hydrogens is 519 g/mol. The van der Waals surface area contributed by atoms with E-state index >= 15 is 0 Å². The van der Waals surface area contributed by atoms with Crippen LogP contribution < -0.4 is 15.4 Å². The molecule has 2 unspecified atom stereocenters. The van der Waals surface area contributed by atoms with E-state index in [1.807, 2.05) is 13.1 Å². The lowest BCUT2D eigenvalue weighted by Crippen LogP contribution is -2.44. The summed E-state index contributed by atoms with van der Waals surface area (Å²) in [5.41, 5.74) is 1.23. The number of para-hydroxylation sites is 1. The van der Waals surface area contributed by atoms with Gasteiger partial charge < -0.3 is 24.8 Å². The standard InChI is InChI=1S/C24H40N4O3.HI/c1-25-24(26-13-9-16-30-19-20-10-8-17-31-20)27-18-22(28-14-6-3-7-15-28)21-11-4-5-12-23(21)29-2;/h4-5,11-12,20,22H,3,6-10,13-19H2,1-2H3,(H2,25,26,27);1H. The van der Waals surface area contributed by atoms with Crippen molar-refractivity contribution in [2.75, 3.05) is 60.2 Å². The highest BCUT2D eigenvalue weighted by Crippen LogP contribution is 2.30. The number of rotatable bonds is 11. The number of benzene rings is 1. The fraction of sp³-hybridized carbons (Fsp3) is 0.708. The summed E-state index contributed by atoms with van der Waals surface area (Å²) in [6.45, 7) is 6.19. The van der Waals surface area contributed by atoms with Gasteiger partial charge in [-0.15, -0.1) is 24.0 Å². The first kappa shape index (κ1) is 27.1. The Morgan fingerprint density at radius 3 is 2.72 bits per heavy atom. The van der Waals surface area contributed by atoms with Crippen LogP contribution in [0.25, 0.3) is 0 Å². The maximum absolute atomic E-state index is 5.75. The van der Waals surface area contributed by atoms with E-state index in [-0.39, 0.29) is 30.0 Å². The molecule has 0 saturated carbocycles. The molecule has 0 aromatic heterocycles. The van der Waals surface area contributed by atoms with Crippen molar-refractivity contribution < 1.29 is 14.2 Å². The predicted octanol–water partition coefficient (Wildman–Crippen LogP) is 3.59. The summed E-state index contributed by atoms with van der Waals surface area (Å²) in [7, 11) is 3.57. The van der Waals surface area contributed by atoms with Crippen molar-refractivity contribution in [3.8, 4) is 5.75 Å². The van der Waals surface area contributed by atoms with E-state index in [0.717, 1.165) is 70.4 Å². The SMILES string of the molecule is CN=C(NCCCOCC1CCCO1)NCC(c1ccccc1OC)N1CCCCC1.I. The van der Waals surface area contributed by atoms with Gasteiger partial charge >= 0.3 is 0 Å². The van der Waals surface area contributed by atoms with Crippen LogP contribution in [0.15, 0.2) is 29.3 Å². The van der Waals surface area contributed by atoms with Crippen LogP contribution in [0.3, 0.4) is 0 Å². The molecule has 0 aliphatic carbocycles. The number of hydrogen-bond acceptors (Lipinski definition) is 5. The first-order chi connectivity index (χ1) is 15.3.